The number of anilines is 1. The third-order valence-corrected chi connectivity index (χ3v) is 3.65. The van der Waals surface area contributed by atoms with Crippen molar-refractivity contribution in [1.29, 1.82) is 0 Å². The average molecular weight is 298 g/mol. The maximum atomic E-state index is 13.5. The summed E-state index contributed by atoms with van der Waals surface area (Å²) in [5.41, 5.74) is 2.74. The van der Waals surface area contributed by atoms with Crippen LogP contribution < -0.4 is 5.32 Å². The van der Waals surface area contributed by atoms with Gasteiger partial charge in [-0.3, -0.25) is 0 Å². The molecular formula is C15H14Cl2FN. The largest absolute Gasteiger partial charge is 0.377 e. The van der Waals surface area contributed by atoms with E-state index in [0.717, 1.165) is 16.8 Å². The molecule has 1 nitrogen and oxygen atoms in total. The lowest BCUT2D eigenvalue weighted by Gasteiger charge is -2.18. The molecule has 0 saturated heterocycles. The SMILES string of the molecule is Cc1cccc(Cl)c1NC(C)c1ccc(Cl)c(F)c1. The quantitative estimate of drug-likeness (QED) is 0.776. The highest BCUT2D eigenvalue weighted by atomic mass is 35.5. The molecule has 0 fully saturated rings. The molecule has 0 saturated carbocycles. The van der Waals surface area contributed by atoms with Crippen molar-refractivity contribution in [2.24, 2.45) is 0 Å². The summed E-state index contributed by atoms with van der Waals surface area (Å²) in [5.74, 6) is -0.413. The summed E-state index contributed by atoms with van der Waals surface area (Å²) in [6.07, 6.45) is 0. The lowest BCUT2D eigenvalue weighted by molar-refractivity contribution is 0.624. The van der Waals surface area contributed by atoms with E-state index < -0.39 is 5.82 Å². The zero-order valence-corrected chi connectivity index (χ0v) is 12.2. The van der Waals surface area contributed by atoms with Crippen molar-refractivity contribution in [3.8, 4) is 0 Å². The van der Waals surface area contributed by atoms with E-state index in [9.17, 15) is 4.39 Å². The van der Waals surface area contributed by atoms with Gasteiger partial charge in [0.25, 0.3) is 0 Å². The molecule has 0 aliphatic rings. The Labute approximate surface area is 122 Å². The van der Waals surface area contributed by atoms with Crippen LogP contribution >= 0.6 is 23.2 Å². The van der Waals surface area contributed by atoms with Gasteiger partial charge in [-0.05, 0) is 43.2 Å². The monoisotopic (exact) mass is 297 g/mol. The number of halogens is 3. The van der Waals surface area contributed by atoms with Gasteiger partial charge in [-0.15, -0.1) is 0 Å². The van der Waals surface area contributed by atoms with Gasteiger partial charge in [-0.2, -0.15) is 0 Å². The van der Waals surface area contributed by atoms with Crippen LogP contribution in [-0.4, -0.2) is 0 Å². The molecule has 2 aromatic carbocycles. The van der Waals surface area contributed by atoms with E-state index in [0.29, 0.717) is 5.02 Å². The molecule has 0 amide bonds. The molecule has 0 bridgehead atoms. The van der Waals surface area contributed by atoms with E-state index in [-0.39, 0.29) is 11.1 Å². The molecule has 0 heterocycles. The number of aryl methyl sites for hydroxylation is 1. The summed E-state index contributed by atoms with van der Waals surface area (Å²) in [6, 6.07) is 10.4. The van der Waals surface area contributed by atoms with Crippen LogP contribution in [0, 0.1) is 12.7 Å². The summed E-state index contributed by atoms with van der Waals surface area (Å²) in [4.78, 5) is 0. The van der Waals surface area contributed by atoms with Gasteiger partial charge in [-0.25, -0.2) is 4.39 Å². The molecular weight excluding hydrogens is 284 g/mol. The van der Waals surface area contributed by atoms with Crippen LogP contribution in [-0.2, 0) is 0 Å². The Morgan fingerprint density at radius 2 is 1.84 bits per heavy atom. The second-order valence-corrected chi connectivity index (χ2v) is 5.29. The molecule has 4 heteroatoms. The van der Waals surface area contributed by atoms with Gasteiger partial charge in [0.1, 0.15) is 5.82 Å². The first-order valence-electron chi connectivity index (χ1n) is 5.95. The van der Waals surface area contributed by atoms with E-state index >= 15 is 0 Å². The fourth-order valence-corrected chi connectivity index (χ4v) is 2.29. The Balaban J connectivity index is 2.25. The van der Waals surface area contributed by atoms with Gasteiger partial charge in [0.05, 0.1) is 15.7 Å². The van der Waals surface area contributed by atoms with E-state index in [1.165, 1.54) is 6.07 Å². The van der Waals surface area contributed by atoms with Gasteiger partial charge < -0.3 is 5.32 Å². The molecule has 0 aromatic heterocycles. The number of para-hydroxylation sites is 1. The van der Waals surface area contributed by atoms with Gasteiger partial charge in [0.2, 0.25) is 0 Å². The van der Waals surface area contributed by atoms with Crippen molar-refractivity contribution in [3.63, 3.8) is 0 Å². The van der Waals surface area contributed by atoms with Crippen LogP contribution in [0.1, 0.15) is 24.1 Å². The van der Waals surface area contributed by atoms with Crippen LogP contribution in [0.4, 0.5) is 10.1 Å². The highest BCUT2D eigenvalue weighted by molar-refractivity contribution is 6.33. The zero-order valence-electron chi connectivity index (χ0n) is 10.7. The predicted molar refractivity (Wildman–Crippen MR) is 79.6 cm³/mol. The maximum absolute atomic E-state index is 13.5. The van der Waals surface area contributed by atoms with E-state index in [1.54, 1.807) is 12.1 Å². The second kappa shape index (κ2) is 5.81. The molecule has 19 heavy (non-hydrogen) atoms. The summed E-state index contributed by atoms with van der Waals surface area (Å²) >= 11 is 11.8. The minimum atomic E-state index is -0.413. The smallest absolute Gasteiger partial charge is 0.142 e. The Bertz CT molecular complexity index is 578. The molecule has 100 valence electrons. The van der Waals surface area contributed by atoms with E-state index in [1.807, 2.05) is 32.0 Å². The van der Waals surface area contributed by atoms with Crippen LogP contribution in [0.15, 0.2) is 36.4 Å². The van der Waals surface area contributed by atoms with Gasteiger partial charge in [0.15, 0.2) is 0 Å². The normalized spacial score (nSPS) is 12.3. The Hall–Kier alpha value is -1.25. The Kier molecular flexibility index (Phi) is 4.33. The third kappa shape index (κ3) is 3.20. The van der Waals surface area contributed by atoms with Crippen molar-refractivity contribution < 1.29 is 4.39 Å². The highest BCUT2D eigenvalue weighted by Crippen LogP contribution is 2.30. The summed E-state index contributed by atoms with van der Waals surface area (Å²) in [6.45, 7) is 3.93. The van der Waals surface area contributed by atoms with E-state index in [4.69, 9.17) is 23.2 Å². The maximum Gasteiger partial charge on any atom is 0.142 e. The molecule has 1 unspecified atom stereocenters. The lowest BCUT2D eigenvalue weighted by atomic mass is 10.1. The standard InChI is InChI=1S/C15H14Cl2FN/c1-9-4-3-5-13(17)15(9)19-10(2)11-6-7-12(16)14(18)8-11/h3-8,10,19H,1-2H3. The molecule has 0 aliphatic carbocycles. The zero-order chi connectivity index (χ0) is 14.0. The molecule has 2 rings (SSSR count). The summed E-state index contributed by atoms with van der Waals surface area (Å²) < 4.78 is 13.5. The number of hydrogen-bond donors (Lipinski definition) is 1. The predicted octanol–water partition coefficient (Wildman–Crippen LogP) is 5.61. The molecule has 0 aliphatic heterocycles. The van der Waals surface area contributed by atoms with Crippen LogP contribution in [0.3, 0.4) is 0 Å². The fourth-order valence-electron chi connectivity index (χ4n) is 1.90. The third-order valence-electron chi connectivity index (χ3n) is 3.03. The Morgan fingerprint density at radius 1 is 1.11 bits per heavy atom. The first-order chi connectivity index (χ1) is 8.99. The first kappa shape index (κ1) is 14.2. The molecule has 2 aromatic rings. The van der Waals surface area contributed by atoms with Crippen molar-refractivity contribution in [2.45, 2.75) is 19.9 Å². The van der Waals surface area contributed by atoms with Crippen molar-refractivity contribution in [3.05, 3.63) is 63.4 Å². The van der Waals surface area contributed by atoms with Crippen LogP contribution in [0.25, 0.3) is 0 Å². The van der Waals surface area contributed by atoms with Crippen molar-refractivity contribution in [2.75, 3.05) is 5.32 Å². The van der Waals surface area contributed by atoms with Crippen molar-refractivity contribution in [1.82, 2.24) is 0 Å². The number of nitrogens with one attached hydrogen (secondary N) is 1. The second-order valence-electron chi connectivity index (χ2n) is 4.47. The molecule has 0 spiro atoms. The van der Waals surface area contributed by atoms with Crippen LogP contribution in [0.5, 0.6) is 0 Å². The highest BCUT2D eigenvalue weighted by Gasteiger charge is 2.11. The van der Waals surface area contributed by atoms with Gasteiger partial charge in [0, 0.05) is 6.04 Å². The Morgan fingerprint density at radius 3 is 2.47 bits per heavy atom. The average Bonchev–Trinajstić information content (AvgIpc) is 2.37. The fraction of sp³-hybridized carbons (Fsp3) is 0.200. The molecule has 0 radical (unpaired) electrons. The summed E-state index contributed by atoms with van der Waals surface area (Å²) in [7, 11) is 0. The summed E-state index contributed by atoms with van der Waals surface area (Å²) in [5, 5.41) is 4.08. The van der Waals surface area contributed by atoms with Gasteiger partial charge >= 0.3 is 0 Å². The minimum absolute atomic E-state index is 0.0645. The lowest BCUT2D eigenvalue weighted by Crippen LogP contribution is -2.08. The van der Waals surface area contributed by atoms with E-state index in [2.05, 4.69) is 5.32 Å². The number of hydrogen-bond acceptors (Lipinski definition) is 1. The minimum Gasteiger partial charge on any atom is -0.377 e. The number of rotatable bonds is 3. The molecule has 1 N–H and O–H groups in total. The first-order valence-corrected chi connectivity index (χ1v) is 6.71. The van der Waals surface area contributed by atoms with Gasteiger partial charge in [-0.1, -0.05) is 41.4 Å². The topological polar surface area (TPSA) is 12.0 Å². The van der Waals surface area contributed by atoms with Crippen molar-refractivity contribution >= 4 is 28.9 Å². The number of benzene rings is 2. The van der Waals surface area contributed by atoms with Crippen LogP contribution in [0.2, 0.25) is 10.0 Å². The molecule has 1 atom stereocenters.